The zero-order valence-electron chi connectivity index (χ0n) is 28.1. The van der Waals surface area contributed by atoms with Crippen LogP contribution in [0.1, 0.15) is 19.2 Å². The normalized spacial score (nSPS) is 16.2. The lowest BCUT2D eigenvalue weighted by Crippen LogP contribution is -2.31. The third kappa shape index (κ3) is 4.73. The van der Waals surface area contributed by atoms with Crippen LogP contribution in [0.2, 0.25) is 0 Å². The highest BCUT2D eigenvalue weighted by molar-refractivity contribution is 6.11. The lowest BCUT2D eigenvalue weighted by atomic mass is 9.85. The SMILES string of the molecule is CC1(n2c3ccccc3c3ccccc32)C=C(n2c3ccccc3c3ccccc32)C=C(c2nc(-c3ccccc3)nc(-c3ccccc3)n2)C1. The van der Waals surface area contributed by atoms with Crippen molar-refractivity contribution in [3.8, 4) is 22.8 Å². The molecule has 0 bridgehead atoms. The van der Waals surface area contributed by atoms with Crippen LogP contribution < -0.4 is 0 Å². The first-order valence-electron chi connectivity index (χ1n) is 17.4. The molecule has 9 aromatic rings. The number of fused-ring (bicyclic) bond motifs is 6. The summed E-state index contributed by atoms with van der Waals surface area (Å²) in [6, 6.07) is 55.3. The summed E-state index contributed by atoms with van der Waals surface area (Å²) < 4.78 is 4.93. The van der Waals surface area contributed by atoms with Crippen molar-refractivity contribution >= 4 is 54.9 Å². The Morgan fingerprint density at radius 2 is 0.843 bits per heavy atom. The van der Waals surface area contributed by atoms with Crippen molar-refractivity contribution in [2.24, 2.45) is 0 Å². The van der Waals surface area contributed by atoms with E-state index in [0.29, 0.717) is 23.9 Å². The molecule has 242 valence electrons. The average molecular weight is 656 g/mol. The Balaban J connectivity index is 1.28. The summed E-state index contributed by atoms with van der Waals surface area (Å²) in [6.45, 7) is 2.35. The van der Waals surface area contributed by atoms with E-state index in [1.807, 2.05) is 36.4 Å². The van der Waals surface area contributed by atoms with Crippen molar-refractivity contribution in [3.63, 3.8) is 0 Å². The minimum atomic E-state index is -0.485. The van der Waals surface area contributed by atoms with Gasteiger partial charge < -0.3 is 9.13 Å². The highest BCUT2D eigenvalue weighted by Crippen LogP contribution is 2.45. The summed E-state index contributed by atoms with van der Waals surface area (Å²) in [5.74, 6) is 2.00. The summed E-state index contributed by atoms with van der Waals surface area (Å²) in [5, 5.41) is 4.95. The summed E-state index contributed by atoms with van der Waals surface area (Å²) in [5.41, 5.74) is 8.29. The predicted molar refractivity (Wildman–Crippen MR) is 210 cm³/mol. The summed E-state index contributed by atoms with van der Waals surface area (Å²) in [6.07, 6.45) is 5.43. The van der Waals surface area contributed by atoms with Crippen LogP contribution in [0.15, 0.2) is 170 Å². The van der Waals surface area contributed by atoms with Crippen molar-refractivity contribution in [1.82, 2.24) is 24.1 Å². The van der Waals surface area contributed by atoms with Gasteiger partial charge >= 0.3 is 0 Å². The molecule has 1 unspecified atom stereocenters. The van der Waals surface area contributed by atoms with E-state index in [-0.39, 0.29) is 0 Å². The van der Waals surface area contributed by atoms with E-state index in [9.17, 15) is 0 Å². The van der Waals surface area contributed by atoms with Gasteiger partial charge in [-0.25, -0.2) is 15.0 Å². The molecule has 1 atom stereocenters. The monoisotopic (exact) mass is 655 g/mol. The maximum absolute atomic E-state index is 5.23. The first-order valence-corrected chi connectivity index (χ1v) is 17.4. The molecule has 5 heteroatoms. The summed E-state index contributed by atoms with van der Waals surface area (Å²) in [4.78, 5) is 15.5. The Morgan fingerprint density at radius 1 is 0.451 bits per heavy atom. The van der Waals surface area contributed by atoms with Crippen LogP contribution in [0.4, 0.5) is 0 Å². The quantitative estimate of drug-likeness (QED) is 0.185. The zero-order chi connectivity index (χ0) is 33.9. The Morgan fingerprint density at radius 3 is 1.33 bits per heavy atom. The maximum atomic E-state index is 5.23. The summed E-state index contributed by atoms with van der Waals surface area (Å²) in [7, 11) is 0. The van der Waals surface area contributed by atoms with Crippen LogP contribution in [-0.4, -0.2) is 24.1 Å². The molecule has 0 radical (unpaired) electrons. The first-order chi connectivity index (χ1) is 25.1. The predicted octanol–water partition coefficient (Wildman–Crippen LogP) is 11.2. The molecule has 0 fully saturated rings. The van der Waals surface area contributed by atoms with Gasteiger partial charge in [-0.05, 0) is 43.3 Å². The molecular formula is C46H33N5. The summed E-state index contributed by atoms with van der Waals surface area (Å²) >= 11 is 0. The van der Waals surface area contributed by atoms with Crippen LogP contribution >= 0.6 is 0 Å². The van der Waals surface area contributed by atoms with Crippen LogP contribution in [0.3, 0.4) is 0 Å². The van der Waals surface area contributed by atoms with E-state index >= 15 is 0 Å². The number of hydrogen-bond donors (Lipinski definition) is 0. The number of hydrogen-bond acceptors (Lipinski definition) is 3. The molecular weight excluding hydrogens is 623 g/mol. The molecule has 6 aromatic carbocycles. The largest absolute Gasteiger partial charge is 0.331 e. The molecule has 0 spiro atoms. The molecule has 0 N–H and O–H groups in total. The van der Waals surface area contributed by atoms with E-state index in [2.05, 4.69) is 150 Å². The van der Waals surface area contributed by atoms with Crippen molar-refractivity contribution in [3.05, 3.63) is 176 Å². The van der Waals surface area contributed by atoms with Gasteiger partial charge in [-0.15, -0.1) is 0 Å². The van der Waals surface area contributed by atoms with Crippen LogP contribution in [-0.2, 0) is 5.54 Å². The molecule has 3 heterocycles. The fraction of sp³-hybridized carbons (Fsp3) is 0.0652. The van der Waals surface area contributed by atoms with Crippen molar-refractivity contribution in [2.75, 3.05) is 0 Å². The van der Waals surface area contributed by atoms with E-state index in [0.717, 1.165) is 33.4 Å². The van der Waals surface area contributed by atoms with Gasteiger partial charge in [-0.2, -0.15) is 0 Å². The third-order valence-corrected chi connectivity index (χ3v) is 10.2. The standard InChI is InChI=1S/C46H33N5/c1-46(51-41-26-14-10-22-37(41)38-23-11-15-27-42(38)51)29-33(28-34(30-46)50-39-24-12-8-20-35(39)36-21-9-13-25-40(36)50)45-48-43(31-16-4-2-5-17-31)47-44(49-45)32-18-6-3-7-19-32/h2-28,30H,29H2,1H3. The van der Waals surface area contributed by atoms with Gasteiger partial charge in [0.1, 0.15) is 0 Å². The van der Waals surface area contributed by atoms with E-state index in [1.54, 1.807) is 0 Å². The zero-order valence-corrected chi connectivity index (χ0v) is 28.1. The molecule has 0 aliphatic heterocycles. The number of para-hydroxylation sites is 4. The Labute approximate surface area is 295 Å². The first kappa shape index (κ1) is 29.3. The fourth-order valence-corrected chi connectivity index (χ4v) is 8.07. The van der Waals surface area contributed by atoms with Crippen LogP contribution in [0.5, 0.6) is 0 Å². The highest BCUT2D eigenvalue weighted by atomic mass is 15.1. The van der Waals surface area contributed by atoms with E-state index in [1.165, 1.54) is 32.6 Å². The minimum Gasteiger partial charge on any atom is -0.331 e. The molecule has 1 aliphatic rings. The van der Waals surface area contributed by atoms with Crippen molar-refractivity contribution < 1.29 is 0 Å². The van der Waals surface area contributed by atoms with Gasteiger partial charge in [0.05, 0.1) is 16.6 Å². The molecule has 1 aliphatic carbocycles. The average Bonchev–Trinajstić information content (AvgIpc) is 3.72. The number of benzene rings is 6. The van der Waals surface area contributed by atoms with Gasteiger partial charge in [0.15, 0.2) is 17.5 Å². The van der Waals surface area contributed by atoms with Gasteiger partial charge in [-0.3, -0.25) is 0 Å². The Bertz CT molecular complexity index is 2680. The molecule has 5 nitrogen and oxygen atoms in total. The third-order valence-electron chi connectivity index (χ3n) is 10.2. The van der Waals surface area contributed by atoms with Gasteiger partial charge in [-0.1, -0.05) is 133 Å². The molecule has 0 amide bonds. The maximum Gasteiger partial charge on any atom is 0.164 e. The van der Waals surface area contributed by atoms with Crippen LogP contribution in [0, 0.1) is 0 Å². The second-order valence-electron chi connectivity index (χ2n) is 13.6. The lowest BCUT2D eigenvalue weighted by molar-refractivity contribution is 0.443. The number of allylic oxidation sites excluding steroid dienone is 4. The number of nitrogens with zero attached hydrogens (tertiary/aromatic N) is 5. The fourth-order valence-electron chi connectivity index (χ4n) is 8.07. The topological polar surface area (TPSA) is 48.5 Å². The molecule has 51 heavy (non-hydrogen) atoms. The van der Waals surface area contributed by atoms with Crippen molar-refractivity contribution in [1.29, 1.82) is 0 Å². The van der Waals surface area contributed by atoms with E-state index < -0.39 is 5.54 Å². The van der Waals surface area contributed by atoms with E-state index in [4.69, 9.17) is 15.0 Å². The van der Waals surface area contributed by atoms with Crippen molar-refractivity contribution in [2.45, 2.75) is 18.9 Å². The van der Waals surface area contributed by atoms with Crippen LogP contribution in [0.25, 0.3) is 77.7 Å². The lowest BCUT2D eigenvalue weighted by Gasteiger charge is -2.35. The molecule has 0 saturated carbocycles. The second-order valence-corrected chi connectivity index (χ2v) is 13.6. The molecule has 10 rings (SSSR count). The van der Waals surface area contributed by atoms with Gasteiger partial charge in [0.2, 0.25) is 0 Å². The Kier molecular flexibility index (Phi) is 6.61. The Hall–Kier alpha value is -6.59. The smallest absolute Gasteiger partial charge is 0.164 e. The number of aromatic nitrogens is 5. The molecule has 3 aromatic heterocycles. The number of rotatable bonds is 5. The van der Waals surface area contributed by atoms with Gasteiger partial charge in [0, 0.05) is 61.4 Å². The molecule has 0 saturated heterocycles. The van der Waals surface area contributed by atoms with Gasteiger partial charge in [0.25, 0.3) is 0 Å². The highest BCUT2D eigenvalue weighted by Gasteiger charge is 2.34. The minimum absolute atomic E-state index is 0.485. The second kappa shape index (κ2) is 11.5.